The van der Waals surface area contributed by atoms with Crippen molar-refractivity contribution in [3.05, 3.63) is 75.3 Å². The Hall–Kier alpha value is -2.99. The Morgan fingerprint density at radius 2 is 1.93 bits per heavy atom. The minimum Gasteiger partial charge on any atom is -0.336 e. The standard InChI is InChI=1S/C22H24N4O2/c1-15-10-16(2)20-18(11-15)12-19(21(27)24-20)14-25-6-8-26(9-7-25)22(28)17-4-3-5-23-13-17/h3-5,10-13H,6-9,14H2,1-2H3,(H,24,27). The molecule has 1 amide bonds. The molecule has 0 spiro atoms. The number of H-pyrrole nitrogens is 1. The van der Waals surface area contributed by atoms with Gasteiger partial charge in [-0.15, -0.1) is 0 Å². The lowest BCUT2D eigenvalue weighted by Gasteiger charge is -2.34. The normalized spacial score (nSPS) is 15.1. The molecule has 4 rings (SSSR count). The van der Waals surface area contributed by atoms with Gasteiger partial charge in [-0.3, -0.25) is 19.5 Å². The van der Waals surface area contributed by atoms with E-state index in [9.17, 15) is 9.59 Å². The number of aromatic amines is 1. The molecular formula is C22H24N4O2. The molecule has 28 heavy (non-hydrogen) atoms. The number of fused-ring (bicyclic) bond motifs is 1. The molecule has 0 radical (unpaired) electrons. The van der Waals surface area contributed by atoms with Gasteiger partial charge in [-0.1, -0.05) is 11.6 Å². The van der Waals surface area contributed by atoms with Crippen LogP contribution in [0.25, 0.3) is 10.9 Å². The number of hydrogen-bond acceptors (Lipinski definition) is 4. The maximum absolute atomic E-state index is 12.5. The molecule has 6 nitrogen and oxygen atoms in total. The fourth-order valence-electron chi connectivity index (χ4n) is 3.87. The van der Waals surface area contributed by atoms with E-state index in [4.69, 9.17) is 0 Å². The van der Waals surface area contributed by atoms with Gasteiger partial charge in [0.1, 0.15) is 0 Å². The zero-order chi connectivity index (χ0) is 19.7. The van der Waals surface area contributed by atoms with E-state index in [1.165, 1.54) is 5.56 Å². The van der Waals surface area contributed by atoms with Crippen LogP contribution in [0.4, 0.5) is 0 Å². The number of carbonyl (C=O) groups excluding carboxylic acids is 1. The van der Waals surface area contributed by atoms with Gasteiger partial charge in [0.15, 0.2) is 0 Å². The number of hydrogen-bond donors (Lipinski definition) is 1. The van der Waals surface area contributed by atoms with Gasteiger partial charge in [0.25, 0.3) is 11.5 Å². The molecule has 1 aliphatic heterocycles. The number of carbonyl (C=O) groups is 1. The van der Waals surface area contributed by atoms with Crippen LogP contribution < -0.4 is 5.56 Å². The van der Waals surface area contributed by atoms with Crippen molar-refractivity contribution in [2.75, 3.05) is 26.2 Å². The molecule has 1 aromatic carbocycles. The molecule has 2 aromatic heterocycles. The lowest BCUT2D eigenvalue weighted by atomic mass is 10.0. The largest absolute Gasteiger partial charge is 0.336 e. The first-order chi connectivity index (χ1) is 13.5. The SMILES string of the molecule is Cc1cc(C)c2[nH]c(=O)c(CN3CCN(C(=O)c4cccnc4)CC3)cc2c1. The molecule has 0 unspecified atom stereocenters. The molecular weight excluding hydrogens is 352 g/mol. The Labute approximate surface area is 163 Å². The highest BCUT2D eigenvalue weighted by molar-refractivity contribution is 5.93. The molecule has 0 aliphatic carbocycles. The summed E-state index contributed by atoms with van der Waals surface area (Å²) in [6.07, 6.45) is 3.27. The summed E-state index contributed by atoms with van der Waals surface area (Å²) in [7, 11) is 0. The molecule has 3 heterocycles. The van der Waals surface area contributed by atoms with Crippen LogP contribution in [0.1, 0.15) is 27.0 Å². The van der Waals surface area contributed by atoms with Crippen molar-refractivity contribution in [3.8, 4) is 0 Å². The lowest BCUT2D eigenvalue weighted by Crippen LogP contribution is -2.48. The summed E-state index contributed by atoms with van der Waals surface area (Å²) in [4.78, 5) is 36.2. The molecule has 0 saturated carbocycles. The Bertz CT molecular complexity index is 1070. The number of piperazine rings is 1. The smallest absolute Gasteiger partial charge is 0.255 e. The van der Waals surface area contributed by atoms with Gasteiger partial charge in [-0.2, -0.15) is 0 Å². The number of aromatic nitrogens is 2. The van der Waals surface area contributed by atoms with Crippen molar-refractivity contribution in [2.24, 2.45) is 0 Å². The van der Waals surface area contributed by atoms with Crippen LogP contribution in [0.3, 0.4) is 0 Å². The minimum absolute atomic E-state index is 0.0160. The van der Waals surface area contributed by atoms with Gasteiger partial charge in [0, 0.05) is 50.7 Å². The van der Waals surface area contributed by atoms with Crippen LogP contribution in [-0.2, 0) is 6.54 Å². The van der Waals surface area contributed by atoms with Gasteiger partial charge in [-0.25, -0.2) is 0 Å². The highest BCUT2D eigenvalue weighted by Crippen LogP contribution is 2.19. The topological polar surface area (TPSA) is 69.3 Å². The highest BCUT2D eigenvalue weighted by atomic mass is 16.2. The van der Waals surface area contributed by atoms with Crippen molar-refractivity contribution in [2.45, 2.75) is 20.4 Å². The van der Waals surface area contributed by atoms with Crippen LogP contribution in [0.5, 0.6) is 0 Å². The van der Waals surface area contributed by atoms with Gasteiger partial charge < -0.3 is 9.88 Å². The van der Waals surface area contributed by atoms with Crippen molar-refractivity contribution in [3.63, 3.8) is 0 Å². The molecule has 0 atom stereocenters. The minimum atomic E-state index is -0.0340. The van der Waals surface area contributed by atoms with E-state index in [0.29, 0.717) is 25.2 Å². The zero-order valence-corrected chi connectivity index (χ0v) is 16.2. The molecule has 144 valence electrons. The summed E-state index contributed by atoms with van der Waals surface area (Å²) in [5, 5.41) is 1.07. The summed E-state index contributed by atoms with van der Waals surface area (Å²) >= 11 is 0. The van der Waals surface area contributed by atoms with Crippen LogP contribution >= 0.6 is 0 Å². The third-order valence-electron chi connectivity index (χ3n) is 5.33. The predicted octanol–water partition coefficient (Wildman–Crippen LogP) is 2.50. The van der Waals surface area contributed by atoms with Gasteiger partial charge in [0.05, 0.1) is 11.1 Å². The fourth-order valence-corrected chi connectivity index (χ4v) is 3.87. The number of nitrogens with one attached hydrogen (secondary N) is 1. The maximum Gasteiger partial charge on any atom is 0.255 e. The molecule has 1 saturated heterocycles. The van der Waals surface area contributed by atoms with Crippen LogP contribution in [0.15, 0.2) is 47.5 Å². The summed E-state index contributed by atoms with van der Waals surface area (Å²) in [6.45, 7) is 7.47. The Morgan fingerprint density at radius 3 is 2.64 bits per heavy atom. The first-order valence-electron chi connectivity index (χ1n) is 9.56. The zero-order valence-electron chi connectivity index (χ0n) is 16.2. The lowest BCUT2D eigenvalue weighted by molar-refractivity contribution is 0.0627. The second kappa shape index (κ2) is 7.56. The molecule has 0 bridgehead atoms. The van der Waals surface area contributed by atoms with E-state index in [-0.39, 0.29) is 11.5 Å². The summed E-state index contributed by atoms with van der Waals surface area (Å²) in [6, 6.07) is 9.75. The van der Waals surface area contributed by atoms with Gasteiger partial charge in [0.2, 0.25) is 0 Å². The number of rotatable bonds is 3. The molecule has 3 aromatic rings. The Kier molecular flexibility index (Phi) is 4.96. The average Bonchev–Trinajstić information content (AvgIpc) is 2.70. The summed E-state index contributed by atoms with van der Waals surface area (Å²) < 4.78 is 0. The number of pyridine rings is 2. The second-order valence-electron chi connectivity index (χ2n) is 7.48. The van der Waals surface area contributed by atoms with E-state index >= 15 is 0 Å². The number of amides is 1. The highest BCUT2D eigenvalue weighted by Gasteiger charge is 2.22. The van der Waals surface area contributed by atoms with Crippen molar-refractivity contribution in [1.29, 1.82) is 0 Å². The molecule has 1 N–H and O–H groups in total. The van der Waals surface area contributed by atoms with E-state index in [0.717, 1.165) is 35.1 Å². The third-order valence-corrected chi connectivity index (χ3v) is 5.33. The Morgan fingerprint density at radius 1 is 1.14 bits per heavy atom. The van der Waals surface area contributed by atoms with Crippen LogP contribution in [0.2, 0.25) is 0 Å². The van der Waals surface area contributed by atoms with E-state index in [1.54, 1.807) is 24.5 Å². The molecule has 6 heteroatoms. The van der Waals surface area contributed by atoms with E-state index < -0.39 is 0 Å². The van der Waals surface area contributed by atoms with Crippen LogP contribution in [0, 0.1) is 13.8 Å². The van der Waals surface area contributed by atoms with E-state index in [1.807, 2.05) is 17.9 Å². The predicted molar refractivity (Wildman–Crippen MR) is 109 cm³/mol. The molecule has 1 aliphatic rings. The monoisotopic (exact) mass is 376 g/mol. The maximum atomic E-state index is 12.5. The molecule has 1 fully saturated rings. The van der Waals surface area contributed by atoms with Gasteiger partial charge in [-0.05, 0) is 49.1 Å². The van der Waals surface area contributed by atoms with Crippen molar-refractivity contribution in [1.82, 2.24) is 19.8 Å². The van der Waals surface area contributed by atoms with Crippen LogP contribution in [-0.4, -0.2) is 51.9 Å². The first kappa shape index (κ1) is 18.4. The van der Waals surface area contributed by atoms with E-state index in [2.05, 4.69) is 33.9 Å². The van der Waals surface area contributed by atoms with Gasteiger partial charge >= 0.3 is 0 Å². The second-order valence-corrected chi connectivity index (χ2v) is 7.48. The number of benzene rings is 1. The number of nitrogens with zero attached hydrogens (tertiary/aromatic N) is 3. The summed E-state index contributed by atoms with van der Waals surface area (Å²) in [5.41, 5.74) is 4.53. The first-order valence-corrected chi connectivity index (χ1v) is 9.56. The summed E-state index contributed by atoms with van der Waals surface area (Å²) in [5.74, 6) is 0.0160. The van der Waals surface area contributed by atoms with Crippen molar-refractivity contribution < 1.29 is 4.79 Å². The van der Waals surface area contributed by atoms with Crippen molar-refractivity contribution >= 4 is 16.8 Å². The average molecular weight is 376 g/mol. The fraction of sp³-hybridized carbons (Fsp3) is 0.318. The Balaban J connectivity index is 1.46. The number of aryl methyl sites for hydroxylation is 2. The third kappa shape index (κ3) is 3.68. The quantitative estimate of drug-likeness (QED) is 0.763.